The van der Waals surface area contributed by atoms with E-state index in [-0.39, 0.29) is 24.1 Å². The summed E-state index contributed by atoms with van der Waals surface area (Å²) >= 11 is 0. The molecule has 2 rings (SSSR count). The van der Waals surface area contributed by atoms with Gasteiger partial charge < -0.3 is 25.2 Å². The van der Waals surface area contributed by atoms with E-state index in [1.807, 2.05) is 13.8 Å². The van der Waals surface area contributed by atoms with Crippen LogP contribution >= 0.6 is 0 Å². The second-order valence-electron chi connectivity index (χ2n) is 6.51. The van der Waals surface area contributed by atoms with Gasteiger partial charge in [0.1, 0.15) is 11.5 Å². The monoisotopic (exact) mass is 350 g/mol. The summed E-state index contributed by atoms with van der Waals surface area (Å²) in [5, 5.41) is 14.7. The lowest BCUT2D eigenvalue weighted by Gasteiger charge is -2.27. The van der Waals surface area contributed by atoms with Crippen LogP contribution in [0.25, 0.3) is 0 Å². The predicted molar refractivity (Wildman–Crippen MR) is 94.3 cm³/mol. The van der Waals surface area contributed by atoms with Crippen molar-refractivity contribution in [3.63, 3.8) is 0 Å². The number of anilines is 1. The Morgan fingerprint density at radius 2 is 1.88 bits per heavy atom. The van der Waals surface area contributed by atoms with E-state index >= 15 is 0 Å². The zero-order valence-electron chi connectivity index (χ0n) is 14.9. The molecular formula is C18H26N2O5. The first-order valence-electron chi connectivity index (χ1n) is 8.54. The Morgan fingerprint density at radius 1 is 1.20 bits per heavy atom. The smallest absolute Gasteiger partial charge is 0.319 e. The molecule has 0 atom stereocenters. The van der Waals surface area contributed by atoms with Gasteiger partial charge in [0, 0.05) is 12.1 Å². The Labute approximate surface area is 147 Å². The van der Waals surface area contributed by atoms with E-state index in [9.17, 15) is 9.59 Å². The molecule has 0 heterocycles. The van der Waals surface area contributed by atoms with Gasteiger partial charge in [0.05, 0.1) is 24.8 Å². The first kappa shape index (κ1) is 18.9. The van der Waals surface area contributed by atoms with Crippen LogP contribution in [0.1, 0.15) is 39.5 Å². The molecule has 0 saturated heterocycles. The maximum absolute atomic E-state index is 12.3. The number of benzene rings is 1. The van der Waals surface area contributed by atoms with Crippen LogP contribution in [-0.2, 0) is 4.79 Å². The van der Waals surface area contributed by atoms with Gasteiger partial charge in [-0.1, -0.05) is 0 Å². The van der Waals surface area contributed by atoms with Crippen molar-refractivity contribution >= 4 is 17.7 Å². The summed E-state index contributed by atoms with van der Waals surface area (Å²) in [7, 11) is 1.56. The number of rotatable bonds is 6. The number of hydrogen-bond donors (Lipinski definition) is 3. The molecule has 1 aliphatic rings. The van der Waals surface area contributed by atoms with Crippen LogP contribution in [0, 0.1) is 5.92 Å². The number of carbonyl (C=O) groups is 2. The van der Waals surface area contributed by atoms with E-state index in [2.05, 4.69) is 10.6 Å². The molecule has 0 aliphatic heterocycles. The van der Waals surface area contributed by atoms with E-state index in [0.29, 0.717) is 42.9 Å². The standard InChI is InChI=1S/C18H26N2O5/c1-11(2)25-16-9-8-14(24-3)10-15(16)20-18(23)19-13-6-4-12(5-7-13)17(21)22/h8-13H,4-7H2,1-3H3,(H,21,22)(H2,19,20,23). The van der Waals surface area contributed by atoms with Crippen molar-refractivity contribution in [1.82, 2.24) is 5.32 Å². The number of ether oxygens (including phenoxy) is 2. The molecule has 7 heteroatoms. The van der Waals surface area contributed by atoms with Crippen LogP contribution in [0.15, 0.2) is 18.2 Å². The molecule has 138 valence electrons. The predicted octanol–water partition coefficient (Wildman–Crippen LogP) is 3.25. The molecule has 1 aliphatic carbocycles. The summed E-state index contributed by atoms with van der Waals surface area (Å²) in [4.78, 5) is 23.3. The highest BCUT2D eigenvalue weighted by atomic mass is 16.5. The Kier molecular flexibility index (Phi) is 6.50. The van der Waals surface area contributed by atoms with Gasteiger partial charge in [0.15, 0.2) is 0 Å². The quantitative estimate of drug-likeness (QED) is 0.732. The topological polar surface area (TPSA) is 96.9 Å². The number of hydrogen-bond acceptors (Lipinski definition) is 4. The minimum atomic E-state index is -0.755. The van der Waals surface area contributed by atoms with Crippen LogP contribution in [0.3, 0.4) is 0 Å². The summed E-state index contributed by atoms with van der Waals surface area (Å²) in [6.45, 7) is 3.82. The van der Waals surface area contributed by atoms with E-state index in [0.717, 1.165) is 0 Å². The van der Waals surface area contributed by atoms with Gasteiger partial charge in [-0.3, -0.25) is 4.79 Å². The third-order valence-corrected chi connectivity index (χ3v) is 4.21. The van der Waals surface area contributed by atoms with Crippen LogP contribution < -0.4 is 20.1 Å². The van der Waals surface area contributed by atoms with Gasteiger partial charge in [-0.25, -0.2) is 4.79 Å². The van der Waals surface area contributed by atoms with Crippen molar-refractivity contribution in [1.29, 1.82) is 0 Å². The zero-order valence-corrected chi connectivity index (χ0v) is 14.9. The number of amides is 2. The summed E-state index contributed by atoms with van der Waals surface area (Å²) < 4.78 is 10.9. The number of carbonyl (C=O) groups excluding carboxylic acids is 1. The van der Waals surface area contributed by atoms with Gasteiger partial charge in [-0.2, -0.15) is 0 Å². The minimum absolute atomic E-state index is 0.0179. The van der Waals surface area contributed by atoms with Crippen LogP contribution in [0.4, 0.5) is 10.5 Å². The number of carboxylic acids is 1. The van der Waals surface area contributed by atoms with Crippen molar-refractivity contribution < 1.29 is 24.2 Å². The number of aliphatic carboxylic acids is 1. The van der Waals surface area contributed by atoms with Crippen LogP contribution in [-0.4, -0.2) is 36.4 Å². The first-order chi connectivity index (χ1) is 11.9. The number of methoxy groups -OCH3 is 1. The Morgan fingerprint density at radius 3 is 2.44 bits per heavy atom. The molecule has 0 spiro atoms. The normalized spacial score (nSPS) is 20.0. The lowest BCUT2D eigenvalue weighted by Crippen LogP contribution is -2.41. The van der Waals surface area contributed by atoms with Crippen molar-refractivity contribution in [2.45, 2.75) is 51.7 Å². The SMILES string of the molecule is COc1ccc(OC(C)C)c(NC(=O)NC2CCC(C(=O)O)CC2)c1. The van der Waals surface area contributed by atoms with Gasteiger partial charge in [0.2, 0.25) is 0 Å². The molecule has 1 saturated carbocycles. The van der Waals surface area contributed by atoms with Gasteiger partial charge in [-0.15, -0.1) is 0 Å². The fourth-order valence-corrected chi connectivity index (χ4v) is 2.92. The molecule has 1 aromatic rings. The summed E-state index contributed by atoms with van der Waals surface area (Å²) in [5.41, 5.74) is 0.532. The third kappa shape index (κ3) is 5.55. The lowest BCUT2D eigenvalue weighted by molar-refractivity contribution is -0.142. The van der Waals surface area contributed by atoms with E-state index in [1.165, 1.54) is 0 Å². The maximum atomic E-state index is 12.3. The summed E-state index contributed by atoms with van der Waals surface area (Å²) in [5.74, 6) is 0.134. The van der Waals surface area contributed by atoms with Gasteiger partial charge in [-0.05, 0) is 51.7 Å². The molecule has 3 N–H and O–H groups in total. The van der Waals surface area contributed by atoms with Crippen LogP contribution in [0.5, 0.6) is 11.5 Å². The average molecular weight is 350 g/mol. The molecule has 0 bridgehead atoms. The molecule has 0 radical (unpaired) electrons. The highest BCUT2D eigenvalue weighted by Gasteiger charge is 2.26. The van der Waals surface area contributed by atoms with Crippen molar-refractivity contribution in [3.05, 3.63) is 18.2 Å². The number of nitrogens with one attached hydrogen (secondary N) is 2. The molecule has 1 fully saturated rings. The second kappa shape index (κ2) is 8.60. The van der Waals surface area contributed by atoms with E-state index in [1.54, 1.807) is 25.3 Å². The van der Waals surface area contributed by atoms with Crippen LogP contribution in [0.2, 0.25) is 0 Å². The van der Waals surface area contributed by atoms with Crippen molar-refractivity contribution in [2.24, 2.45) is 5.92 Å². The fraction of sp³-hybridized carbons (Fsp3) is 0.556. The third-order valence-electron chi connectivity index (χ3n) is 4.21. The van der Waals surface area contributed by atoms with E-state index < -0.39 is 5.97 Å². The molecule has 0 unspecified atom stereocenters. The molecular weight excluding hydrogens is 324 g/mol. The zero-order chi connectivity index (χ0) is 18.4. The molecule has 25 heavy (non-hydrogen) atoms. The summed E-state index contributed by atoms with van der Waals surface area (Å²) in [6, 6.07) is 4.88. The molecule has 0 aromatic heterocycles. The summed E-state index contributed by atoms with van der Waals surface area (Å²) in [6.07, 6.45) is 2.47. The second-order valence-corrected chi connectivity index (χ2v) is 6.51. The van der Waals surface area contributed by atoms with E-state index in [4.69, 9.17) is 14.6 Å². The largest absolute Gasteiger partial charge is 0.497 e. The molecule has 7 nitrogen and oxygen atoms in total. The van der Waals surface area contributed by atoms with Crippen molar-refractivity contribution in [3.8, 4) is 11.5 Å². The van der Waals surface area contributed by atoms with Gasteiger partial charge >= 0.3 is 12.0 Å². The first-order valence-corrected chi connectivity index (χ1v) is 8.54. The van der Waals surface area contributed by atoms with Crippen molar-refractivity contribution in [2.75, 3.05) is 12.4 Å². The highest BCUT2D eigenvalue weighted by Crippen LogP contribution is 2.30. The lowest BCUT2D eigenvalue weighted by atomic mass is 9.86. The highest BCUT2D eigenvalue weighted by molar-refractivity contribution is 5.91. The molecule has 1 aromatic carbocycles. The number of urea groups is 1. The average Bonchev–Trinajstić information content (AvgIpc) is 2.56. The number of carboxylic acid groups (broad SMARTS) is 1. The Hall–Kier alpha value is -2.44. The minimum Gasteiger partial charge on any atom is -0.497 e. The molecule has 2 amide bonds. The maximum Gasteiger partial charge on any atom is 0.319 e. The Balaban J connectivity index is 1.96. The fourth-order valence-electron chi connectivity index (χ4n) is 2.92. The van der Waals surface area contributed by atoms with Gasteiger partial charge in [0.25, 0.3) is 0 Å². The Bertz CT molecular complexity index is 609.